The molecule has 0 unspecified atom stereocenters. The van der Waals surface area contributed by atoms with E-state index in [0.29, 0.717) is 22.2 Å². The largest absolute Gasteiger partial charge is 0.455 e. The van der Waals surface area contributed by atoms with E-state index in [0.717, 1.165) is 24.2 Å². The van der Waals surface area contributed by atoms with Crippen LogP contribution in [0.3, 0.4) is 0 Å². The van der Waals surface area contributed by atoms with E-state index in [9.17, 15) is 8.42 Å². The molecule has 3 N–H and O–H groups in total. The molecule has 10 heteroatoms. The van der Waals surface area contributed by atoms with Crippen LogP contribution < -0.4 is 5.14 Å². The number of aromatic nitrogens is 3. The molecule has 2 aromatic heterocycles. The molecule has 0 radical (unpaired) electrons. The van der Waals surface area contributed by atoms with Crippen molar-refractivity contribution >= 4 is 28.5 Å². The first-order chi connectivity index (χ1) is 12.4. The molecular formula is C16H15N5O3S2. The van der Waals surface area contributed by atoms with E-state index in [4.69, 9.17) is 21.8 Å². The lowest BCUT2D eigenvalue weighted by Gasteiger charge is -2.00. The summed E-state index contributed by atoms with van der Waals surface area (Å²) in [6.45, 7) is 0. The van der Waals surface area contributed by atoms with Crippen LogP contribution in [-0.4, -0.2) is 29.5 Å². The number of nitrogens with zero attached hydrogens (tertiary/aromatic N) is 3. The zero-order valence-electron chi connectivity index (χ0n) is 13.5. The lowest BCUT2D eigenvalue weighted by molar-refractivity contribution is 0.573. The van der Waals surface area contributed by atoms with Crippen molar-refractivity contribution < 1.29 is 12.8 Å². The van der Waals surface area contributed by atoms with Crippen LogP contribution in [-0.2, 0) is 10.0 Å². The number of nitrogens with one attached hydrogen (secondary N) is 1. The van der Waals surface area contributed by atoms with Crippen molar-refractivity contribution in [1.29, 1.82) is 0 Å². The van der Waals surface area contributed by atoms with Gasteiger partial charge in [0.25, 0.3) is 0 Å². The van der Waals surface area contributed by atoms with Crippen molar-refractivity contribution in [3.8, 4) is 11.3 Å². The maximum atomic E-state index is 11.3. The van der Waals surface area contributed by atoms with E-state index in [2.05, 4.69) is 15.3 Å². The van der Waals surface area contributed by atoms with Gasteiger partial charge in [0.2, 0.25) is 14.8 Å². The lowest BCUT2D eigenvalue weighted by Crippen LogP contribution is -2.11. The van der Waals surface area contributed by atoms with E-state index in [1.807, 2.05) is 0 Å². The Morgan fingerprint density at radius 1 is 1.27 bits per heavy atom. The molecule has 2 heterocycles. The highest BCUT2D eigenvalue weighted by Gasteiger charge is 2.29. The van der Waals surface area contributed by atoms with Gasteiger partial charge in [-0.2, -0.15) is 14.9 Å². The number of nitrogens with two attached hydrogens (primary N) is 1. The zero-order chi connectivity index (χ0) is 18.3. The van der Waals surface area contributed by atoms with E-state index >= 15 is 0 Å². The third-order valence-corrected chi connectivity index (χ3v) is 5.21. The van der Waals surface area contributed by atoms with Crippen LogP contribution in [0.25, 0.3) is 11.3 Å². The van der Waals surface area contributed by atoms with Gasteiger partial charge < -0.3 is 4.42 Å². The molecular weight excluding hydrogens is 374 g/mol. The Kier molecular flexibility index (Phi) is 4.10. The molecule has 1 aromatic carbocycles. The van der Waals surface area contributed by atoms with Crippen LogP contribution in [0.1, 0.15) is 30.3 Å². The van der Waals surface area contributed by atoms with Gasteiger partial charge in [0.05, 0.1) is 11.1 Å². The van der Waals surface area contributed by atoms with Crippen LogP contribution in [0.4, 0.5) is 0 Å². The average Bonchev–Trinajstić information content (AvgIpc) is 3.22. The van der Waals surface area contributed by atoms with Gasteiger partial charge in [-0.15, -0.1) is 0 Å². The maximum Gasteiger partial charge on any atom is 0.238 e. The van der Waals surface area contributed by atoms with Crippen LogP contribution in [0.15, 0.2) is 50.8 Å². The number of sulfonamides is 1. The normalized spacial score (nSPS) is 15.0. The maximum absolute atomic E-state index is 11.3. The summed E-state index contributed by atoms with van der Waals surface area (Å²) in [4.78, 5) is 0.0523. The molecule has 3 aromatic rings. The third kappa shape index (κ3) is 3.39. The third-order valence-electron chi connectivity index (χ3n) is 4.01. The molecule has 0 aliphatic heterocycles. The summed E-state index contributed by atoms with van der Waals surface area (Å²) in [6, 6.07) is 9.70. The highest BCUT2D eigenvalue weighted by molar-refractivity contribution is 7.89. The van der Waals surface area contributed by atoms with Gasteiger partial charge >= 0.3 is 0 Å². The first kappa shape index (κ1) is 16.9. The van der Waals surface area contributed by atoms with Crippen molar-refractivity contribution in [3.05, 3.63) is 52.8 Å². The Balaban J connectivity index is 1.57. The molecule has 1 aliphatic carbocycles. The standard InChI is InChI=1S/C16H15N5O3S2/c17-26(22,23)13-6-3-10(4-7-13)14-8-5-12(24-14)9-18-21-15(11-1-2-11)19-20-16(21)25/h3-9,11H,1-2H2,(H,20,25)(H2,17,22,23)/b18-9-. The topological polar surface area (TPSA) is 119 Å². The number of furan rings is 1. The van der Waals surface area contributed by atoms with E-state index in [1.54, 1.807) is 35.2 Å². The fraction of sp³-hybridized carbons (Fsp3) is 0.188. The quantitative estimate of drug-likeness (QED) is 0.513. The molecule has 1 fully saturated rings. The monoisotopic (exact) mass is 389 g/mol. The number of H-pyrrole nitrogens is 1. The van der Waals surface area contributed by atoms with Crippen LogP contribution in [0, 0.1) is 4.77 Å². The van der Waals surface area contributed by atoms with Crippen LogP contribution in [0.5, 0.6) is 0 Å². The summed E-state index contributed by atoms with van der Waals surface area (Å²) in [6.07, 6.45) is 3.75. The minimum absolute atomic E-state index is 0.0523. The molecule has 0 amide bonds. The highest BCUT2D eigenvalue weighted by atomic mass is 32.2. The summed E-state index contributed by atoms with van der Waals surface area (Å²) in [5.41, 5.74) is 0.732. The van der Waals surface area contributed by atoms with Crippen LogP contribution >= 0.6 is 12.2 Å². The van der Waals surface area contributed by atoms with Crippen molar-refractivity contribution in [3.63, 3.8) is 0 Å². The number of primary sulfonamides is 1. The molecule has 1 saturated carbocycles. The van der Waals surface area contributed by atoms with E-state index in [-0.39, 0.29) is 4.90 Å². The molecule has 1 aliphatic rings. The van der Waals surface area contributed by atoms with Crippen molar-refractivity contribution in [2.24, 2.45) is 10.2 Å². The molecule has 0 saturated heterocycles. The second-order valence-electron chi connectivity index (χ2n) is 5.99. The Hall–Kier alpha value is -2.56. The second kappa shape index (κ2) is 6.31. The zero-order valence-corrected chi connectivity index (χ0v) is 15.1. The van der Waals surface area contributed by atoms with Gasteiger partial charge in [-0.3, -0.25) is 5.10 Å². The van der Waals surface area contributed by atoms with Gasteiger partial charge in [0.1, 0.15) is 11.5 Å². The molecule has 8 nitrogen and oxygen atoms in total. The van der Waals surface area contributed by atoms with Crippen molar-refractivity contribution in [2.75, 3.05) is 0 Å². The SMILES string of the molecule is NS(=O)(=O)c1ccc(-c2ccc(/C=N\n3c(C4CC4)n[nH]c3=S)o2)cc1. The summed E-state index contributed by atoms with van der Waals surface area (Å²) in [7, 11) is -3.71. The first-order valence-electron chi connectivity index (χ1n) is 7.86. The summed E-state index contributed by atoms with van der Waals surface area (Å²) in [5.74, 6) is 2.37. The van der Waals surface area contributed by atoms with E-state index < -0.39 is 10.0 Å². The van der Waals surface area contributed by atoms with Gasteiger partial charge in [-0.1, -0.05) is 0 Å². The van der Waals surface area contributed by atoms with E-state index in [1.165, 1.54) is 12.1 Å². The first-order valence-corrected chi connectivity index (χ1v) is 9.82. The molecule has 4 rings (SSSR count). The molecule has 0 atom stereocenters. The Morgan fingerprint density at radius 3 is 2.65 bits per heavy atom. The number of benzene rings is 1. The Labute approximate surface area is 154 Å². The van der Waals surface area contributed by atoms with Crippen LogP contribution in [0.2, 0.25) is 0 Å². The summed E-state index contributed by atoms with van der Waals surface area (Å²) < 4.78 is 30.4. The second-order valence-corrected chi connectivity index (χ2v) is 7.94. The predicted molar refractivity (Wildman–Crippen MR) is 97.9 cm³/mol. The summed E-state index contributed by atoms with van der Waals surface area (Å²) in [5, 5.41) is 16.4. The number of hydrogen-bond acceptors (Lipinski definition) is 6. The molecule has 134 valence electrons. The lowest BCUT2D eigenvalue weighted by atomic mass is 10.2. The number of hydrogen-bond donors (Lipinski definition) is 2. The minimum atomic E-state index is -3.71. The predicted octanol–water partition coefficient (Wildman–Crippen LogP) is 2.61. The van der Waals surface area contributed by atoms with Crippen molar-refractivity contribution in [2.45, 2.75) is 23.7 Å². The number of rotatable bonds is 5. The Morgan fingerprint density at radius 2 is 2.00 bits per heavy atom. The Bertz CT molecular complexity index is 1140. The fourth-order valence-corrected chi connectivity index (χ4v) is 3.22. The van der Waals surface area contributed by atoms with Crippen molar-refractivity contribution in [1.82, 2.24) is 14.9 Å². The molecule has 0 bridgehead atoms. The summed E-state index contributed by atoms with van der Waals surface area (Å²) >= 11 is 5.20. The highest BCUT2D eigenvalue weighted by Crippen LogP contribution is 2.38. The number of aromatic amines is 1. The molecule has 26 heavy (non-hydrogen) atoms. The van der Waals surface area contributed by atoms with Gasteiger partial charge in [0.15, 0.2) is 5.82 Å². The van der Waals surface area contributed by atoms with Gasteiger partial charge in [-0.05, 0) is 61.5 Å². The van der Waals surface area contributed by atoms with Gasteiger partial charge in [0, 0.05) is 11.5 Å². The molecule has 0 spiro atoms. The smallest absolute Gasteiger partial charge is 0.238 e. The minimum Gasteiger partial charge on any atom is -0.455 e. The average molecular weight is 389 g/mol. The van der Waals surface area contributed by atoms with Gasteiger partial charge in [-0.25, -0.2) is 13.6 Å². The fourth-order valence-electron chi connectivity index (χ4n) is 2.52.